The minimum atomic E-state index is -0.829. The summed E-state index contributed by atoms with van der Waals surface area (Å²) in [6, 6.07) is 16.2. The van der Waals surface area contributed by atoms with E-state index in [9.17, 15) is 38.4 Å². The number of halogens is 2. The Kier molecular flexibility index (Phi) is 19.1. The number of amides is 4. The first-order valence-corrected chi connectivity index (χ1v) is 35.1. The molecule has 4 amide bonds. The number of ketones is 4. The lowest BCUT2D eigenvalue weighted by Crippen LogP contribution is -2.45. The van der Waals surface area contributed by atoms with Crippen molar-refractivity contribution in [2.75, 3.05) is 33.4 Å². The summed E-state index contributed by atoms with van der Waals surface area (Å²) in [5.74, 6) is -0.870. The molecule has 3 aromatic carbocycles. The second kappa shape index (κ2) is 27.6. The molecule has 4 fully saturated rings. The Labute approximate surface area is 597 Å². The lowest BCUT2D eigenvalue weighted by molar-refractivity contribution is -0.139. The molecule has 528 valence electrons. The first-order chi connectivity index (χ1) is 48.5. The highest BCUT2D eigenvalue weighted by Gasteiger charge is 2.68. The van der Waals surface area contributed by atoms with Crippen molar-refractivity contribution in [1.29, 1.82) is 0 Å². The number of piperidine rings is 2. The summed E-state index contributed by atoms with van der Waals surface area (Å²) in [7, 11) is 1.79. The number of nitrogens with one attached hydrogen (secondary N) is 1. The second-order valence-electron chi connectivity index (χ2n) is 29.3. The van der Waals surface area contributed by atoms with E-state index >= 15 is 4.39 Å². The van der Waals surface area contributed by atoms with Gasteiger partial charge in [0.2, 0.25) is 23.6 Å². The molecular formula is C77H81BrFN13O10. The number of hydrogen-bond donors (Lipinski definition) is 1. The van der Waals surface area contributed by atoms with E-state index in [1.165, 1.54) is 18.5 Å². The number of aromatic nitrogens is 9. The van der Waals surface area contributed by atoms with Crippen molar-refractivity contribution >= 4 is 84.5 Å². The lowest BCUT2D eigenvalue weighted by atomic mass is 9.89. The van der Waals surface area contributed by atoms with Crippen LogP contribution in [-0.2, 0) is 77.4 Å². The number of nitrogens with zero attached hydrogens (tertiary/aromatic N) is 12. The molecule has 14 rings (SSSR count). The van der Waals surface area contributed by atoms with E-state index in [1.54, 1.807) is 89.3 Å². The summed E-state index contributed by atoms with van der Waals surface area (Å²) in [5.41, 5.74) is 5.04. The Hall–Kier alpha value is -9.72. The zero-order valence-corrected chi connectivity index (χ0v) is 60.4. The number of carbonyl (C=O) groups excluding carboxylic acids is 8. The zero-order valence-electron chi connectivity index (χ0n) is 58.8. The van der Waals surface area contributed by atoms with Gasteiger partial charge in [-0.25, -0.2) is 29.3 Å². The lowest BCUT2D eigenvalue weighted by Gasteiger charge is -2.30. The van der Waals surface area contributed by atoms with Crippen LogP contribution in [0.2, 0.25) is 0 Å². The molecular weight excluding hydrogens is 1370 g/mol. The number of rotatable bonds is 8. The van der Waals surface area contributed by atoms with Crippen molar-refractivity contribution in [2.45, 2.75) is 151 Å². The molecule has 6 aliphatic rings. The fraction of sp³-hybridized carbons (Fsp3) is 0.416. The topological polar surface area (TPSA) is 277 Å². The molecule has 9 heterocycles. The molecule has 102 heavy (non-hydrogen) atoms. The molecule has 25 heteroatoms. The third-order valence-corrected chi connectivity index (χ3v) is 21.5. The van der Waals surface area contributed by atoms with Gasteiger partial charge in [0.1, 0.15) is 46.5 Å². The number of benzene rings is 3. The SMILES string of the molecule is CC(=O)c1nn(CC(=O)N2[C@H]3C[C@@]4(CNC(=O)C(C)(C)C=CCOCc5ccc(C)c(F)c5CC3=O)C[C@@H]24)c2ccc(-c3cnc(C)nc3)cc12.CC(=O)c1nn(CC(=O)N2[C@H]3C[C@]4(C[C@@H]24)CN(C)C(=O)C(C)(C)C=CCOCc2ccc(Br)nc2CC3=O)c2ccc(-c3cnc(C)nc3)cc12. The summed E-state index contributed by atoms with van der Waals surface area (Å²) >= 11 is 3.45. The fourth-order valence-corrected chi connectivity index (χ4v) is 15.6. The van der Waals surface area contributed by atoms with Gasteiger partial charge in [0.05, 0.1) is 72.5 Å². The zero-order chi connectivity index (χ0) is 72.5. The number of aryl methyl sites for hydroxylation is 3. The molecule has 5 aromatic heterocycles. The van der Waals surface area contributed by atoms with E-state index in [0.717, 1.165) is 27.8 Å². The molecule has 1 N–H and O–H groups in total. The normalized spacial score (nSPS) is 23.2. The van der Waals surface area contributed by atoms with E-state index in [-0.39, 0.29) is 122 Å². The van der Waals surface area contributed by atoms with Gasteiger partial charge in [0.25, 0.3) is 0 Å². The Morgan fingerprint density at radius 1 is 0.618 bits per heavy atom. The van der Waals surface area contributed by atoms with Crippen molar-refractivity contribution in [3.63, 3.8) is 0 Å². The van der Waals surface area contributed by atoms with E-state index in [1.807, 2.05) is 95.3 Å². The maximum atomic E-state index is 15.6. The van der Waals surface area contributed by atoms with Gasteiger partial charge in [0.15, 0.2) is 23.1 Å². The predicted molar refractivity (Wildman–Crippen MR) is 379 cm³/mol. The van der Waals surface area contributed by atoms with Crippen LogP contribution in [0, 0.1) is 48.2 Å². The number of likely N-dealkylation sites (tertiary alicyclic amines) is 2. The van der Waals surface area contributed by atoms with Crippen molar-refractivity contribution in [3.8, 4) is 22.3 Å². The van der Waals surface area contributed by atoms with Gasteiger partial charge in [-0.2, -0.15) is 10.2 Å². The number of pyridine rings is 1. The quantitative estimate of drug-likeness (QED) is 0.0841. The first-order valence-electron chi connectivity index (χ1n) is 34.3. The Bertz CT molecular complexity index is 4830. The summed E-state index contributed by atoms with van der Waals surface area (Å²) in [4.78, 5) is 137. The fourth-order valence-electron chi connectivity index (χ4n) is 15.3. The highest BCUT2D eigenvalue weighted by Crippen LogP contribution is 2.61. The van der Waals surface area contributed by atoms with Crippen LogP contribution in [0.15, 0.2) is 114 Å². The maximum Gasteiger partial charge on any atom is 0.245 e. The average molecular weight is 1450 g/mol. The van der Waals surface area contributed by atoms with Crippen molar-refractivity contribution < 1.29 is 52.2 Å². The van der Waals surface area contributed by atoms with Crippen molar-refractivity contribution in [1.82, 2.24) is 64.5 Å². The molecule has 23 nitrogen and oxygen atoms in total. The molecule has 2 saturated heterocycles. The van der Waals surface area contributed by atoms with Gasteiger partial charge in [-0.15, -0.1) is 0 Å². The molecule has 0 radical (unpaired) electrons. The number of Topliss-reactive ketones (excluding diaryl/α,β-unsaturated/α-hetero) is 4. The number of fused-ring (bicyclic) bond motifs is 6. The maximum absolute atomic E-state index is 15.6. The van der Waals surface area contributed by atoms with Crippen LogP contribution >= 0.6 is 15.9 Å². The third-order valence-electron chi connectivity index (χ3n) is 21.0. The summed E-state index contributed by atoms with van der Waals surface area (Å²) in [6.07, 6.45) is 16.1. The van der Waals surface area contributed by atoms with Gasteiger partial charge in [0, 0.05) is 116 Å². The van der Waals surface area contributed by atoms with Gasteiger partial charge in [-0.05, 0) is 148 Å². The predicted octanol–water partition coefficient (Wildman–Crippen LogP) is 9.76. The second-order valence-corrected chi connectivity index (χ2v) is 30.1. The minimum absolute atomic E-state index is 0.0255. The van der Waals surface area contributed by atoms with E-state index in [4.69, 9.17) is 9.47 Å². The Morgan fingerprint density at radius 2 is 1.11 bits per heavy atom. The Balaban J connectivity index is 0.000000182. The van der Waals surface area contributed by atoms with E-state index in [0.29, 0.717) is 100 Å². The van der Waals surface area contributed by atoms with Crippen molar-refractivity contribution in [3.05, 3.63) is 171 Å². The highest BCUT2D eigenvalue weighted by molar-refractivity contribution is 9.10. The molecule has 2 spiro atoms. The summed E-state index contributed by atoms with van der Waals surface area (Å²) in [6.45, 7) is 16.7. The van der Waals surface area contributed by atoms with Crippen LogP contribution in [0.4, 0.5) is 4.39 Å². The minimum Gasteiger partial charge on any atom is -0.373 e. The standard InChI is InChI=1S/C39H41FN6O5.C38H40BrN7O5/c1-22-7-8-26-20-51-12-6-11-38(4,5)37(50)43-21-39-15-31(32(48)14-28(26)35(22)40)46(33(39)16-39)34(49)19-45-30-10-9-25(27-17-41-24(3)42-18-27)13-29(30)36(44-45)23(2)47;1-22(47)35-27-13-24(26-17-40-23(2)41-18-26)7-9-29(27)45(43-35)19-34(49)46-30-15-38(16-32(38)46)21-44(5)36(50)37(3,4)11-6-12-51-20-25-8-10-33(39)42-28(25)14-31(30)48/h6-11,13,17-18,31,33H,12,14-16,19-21H2,1-5H3,(H,43,50);6-11,13,17-18,30,32H,12,14-16,19-21H2,1-5H3/t31-,33+,39-;30-,32+,38-/m00/s1. The average Bonchev–Trinajstić information content (AvgIpc) is 1.54. The van der Waals surface area contributed by atoms with Crippen LogP contribution in [0.1, 0.15) is 128 Å². The molecule has 2 saturated carbocycles. The molecule has 6 atom stereocenters. The summed E-state index contributed by atoms with van der Waals surface area (Å²) < 4.78 is 31.0. The van der Waals surface area contributed by atoms with Crippen LogP contribution in [0.25, 0.3) is 44.1 Å². The molecule has 4 bridgehead atoms. The van der Waals surface area contributed by atoms with Crippen molar-refractivity contribution in [2.24, 2.45) is 21.7 Å². The Morgan fingerprint density at radius 3 is 1.66 bits per heavy atom. The van der Waals surface area contributed by atoms with Gasteiger partial charge < -0.3 is 29.5 Å². The number of carbonyl (C=O) groups is 8. The smallest absolute Gasteiger partial charge is 0.245 e. The third kappa shape index (κ3) is 13.9. The molecule has 4 aliphatic heterocycles. The largest absolute Gasteiger partial charge is 0.373 e. The van der Waals surface area contributed by atoms with Crippen LogP contribution in [0.3, 0.4) is 0 Å². The van der Waals surface area contributed by atoms with Crippen LogP contribution in [-0.4, -0.2) is 163 Å². The molecule has 2 aliphatic carbocycles. The molecule has 0 unspecified atom stereocenters. The summed E-state index contributed by atoms with van der Waals surface area (Å²) in [5, 5.41) is 13.5. The van der Waals surface area contributed by atoms with Crippen LogP contribution in [0.5, 0.6) is 0 Å². The van der Waals surface area contributed by atoms with E-state index in [2.05, 4.69) is 56.4 Å². The van der Waals surface area contributed by atoms with Crippen LogP contribution < -0.4 is 5.32 Å². The number of hydrogen-bond acceptors (Lipinski definition) is 17. The van der Waals surface area contributed by atoms with Gasteiger partial charge in [-0.3, -0.25) is 47.7 Å². The molecule has 8 aromatic rings. The van der Waals surface area contributed by atoms with Gasteiger partial charge in [-0.1, -0.05) is 54.6 Å². The van der Waals surface area contributed by atoms with E-state index < -0.39 is 39.6 Å². The highest BCUT2D eigenvalue weighted by atomic mass is 79.9. The monoisotopic (exact) mass is 1450 g/mol. The number of ether oxygens (including phenoxy) is 2. The van der Waals surface area contributed by atoms with Gasteiger partial charge >= 0.3 is 0 Å². The first kappa shape index (κ1) is 70.7.